The third kappa shape index (κ3) is 3.26. The molecule has 0 saturated heterocycles. The van der Waals surface area contributed by atoms with E-state index in [9.17, 15) is 5.11 Å². The van der Waals surface area contributed by atoms with Crippen LogP contribution in [-0.2, 0) is 0 Å². The fourth-order valence-corrected chi connectivity index (χ4v) is 0.958. The fraction of sp³-hybridized carbons (Fsp3) is 0.455. The molecule has 14 heavy (non-hydrogen) atoms. The summed E-state index contributed by atoms with van der Waals surface area (Å²) in [6, 6.07) is 6.75. The van der Waals surface area contributed by atoms with E-state index in [4.69, 9.17) is 10.5 Å². The van der Waals surface area contributed by atoms with Gasteiger partial charge in [-0.2, -0.15) is 0 Å². The lowest BCUT2D eigenvalue weighted by molar-refractivity contribution is 0.258. The van der Waals surface area contributed by atoms with Gasteiger partial charge in [0.1, 0.15) is 18.1 Å². The second kappa shape index (κ2) is 4.86. The molecule has 1 unspecified atom stereocenters. The van der Waals surface area contributed by atoms with Crippen molar-refractivity contribution in [2.24, 2.45) is 11.7 Å². The SMILES string of the molecule is CC(C)C(N)COc1cccc(O)c1. The Hall–Kier alpha value is -1.22. The summed E-state index contributed by atoms with van der Waals surface area (Å²) in [4.78, 5) is 0. The van der Waals surface area contributed by atoms with E-state index in [0.29, 0.717) is 18.3 Å². The zero-order chi connectivity index (χ0) is 10.6. The maximum atomic E-state index is 9.18. The summed E-state index contributed by atoms with van der Waals surface area (Å²) >= 11 is 0. The second-order valence-corrected chi connectivity index (χ2v) is 3.72. The van der Waals surface area contributed by atoms with Crippen molar-refractivity contribution in [3.63, 3.8) is 0 Å². The number of ether oxygens (including phenoxy) is 1. The molecule has 0 spiro atoms. The highest BCUT2D eigenvalue weighted by Crippen LogP contribution is 2.17. The molecule has 0 amide bonds. The number of hydrogen-bond acceptors (Lipinski definition) is 3. The molecule has 0 heterocycles. The Kier molecular flexibility index (Phi) is 3.77. The monoisotopic (exact) mass is 195 g/mol. The molecule has 0 aromatic heterocycles. The van der Waals surface area contributed by atoms with Crippen LogP contribution in [0.25, 0.3) is 0 Å². The third-order valence-electron chi connectivity index (χ3n) is 2.12. The van der Waals surface area contributed by atoms with Crippen molar-refractivity contribution in [2.45, 2.75) is 19.9 Å². The van der Waals surface area contributed by atoms with E-state index in [-0.39, 0.29) is 11.8 Å². The highest BCUT2D eigenvalue weighted by molar-refractivity contribution is 5.31. The van der Waals surface area contributed by atoms with Gasteiger partial charge in [-0.25, -0.2) is 0 Å². The van der Waals surface area contributed by atoms with Crippen LogP contribution in [0.15, 0.2) is 24.3 Å². The number of rotatable bonds is 4. The van der Waals surface area contributed by atoms with E-state index in [1.165, 1.54) is 0 Å². The van der Waals surface area contributed by atoms with E-state index >= 15 is 0 Å². The van der Waals surface area contributed by atoms with Gasteiger partial charge in [-0.1, -0.05) is 19.9 Å². The number of phenols is 1. The van der Waals surface area contributed by atoms with Gasteiger partial charge in [0, 0.05) is 12.1 Å². The van der Waals surface area contributed by atoms with Crippen LogP contribution in [0.1, 0.15) is 13.8 Å². The maximum absolute atomic E-state index is 9.18. The molecule has 0 fully saturated rings. The Morgan fingerprint density at radius 3 is 2.71 bits per heavy atom. The van der Waals surface area contributed by atoms with Gasteiger partial charge < -0.3 is 15.6 Å². The van der Waals surface area contributed by atoms with Crippen LogP contribution in [0.5, 0.6) is 11.5 Å². The van der Waals surface area contributed by atoms with Crippen molar-refractivity contribution in [2.75, 3.05) is 6.61 Å². The first-order valence-corrected chi connectivity index (χ1v) is 4.77. The molecule has 0 aliphatic carbocycles. The summed E-state index contributed by atoms with van der Waals surface area (Å²) < 4.78 is 5.42. The largest absolute Gasteiger partial charge is 0.508 e. The van der Waals surface area contributed by atoms with Crippen molar-refractivity contribution in [1.82, 2.24) is 0 Å². The van der Waals surface area contributed by atoms with Crippen LogP contribution >= 0.6 is 0 Å². The predicted octanol–water partition coefficient (Wildman–Crippen LogP) is 1.75. The molecule has 0 saturated carbocycles. The molecular weight excluding hydrogens is 178 g/mol. The van der Waals surface area contributed by atoms with Crippen LogP contribution in [-0.4, -0.2) is 17.8 Å². The summed E-state index contributed by atoms with van der Waals surface area (Å²) in [5, 5.41) is 9.18. The molecule has 0 radical (unpaired) electrons. The first-order chi connectivity index (χ1) is 6.59. The number of hydrogen-bond donors (Lipinski definition) is 2. The number of benzene rings is 1. The summed E-state index contributed by atoms with van der Waals surface area (Å²) in [6.45, 7) is 4.58. The smallest absolute Gasteiger partial charge is 0.123 e. The van der Waals surface area contributed by atoms with Crippen molar-refractivity contribution in [3.8, 4) is 11.5 Å². The molecular formula is C11H17NO2. The summed E-state index contributed by atoms with van der Waals surface area (Å²) in [5.41, 5.74) is 5.81. The maximum Gasteiger partial charge on any atom is 0.123 e. The molecule has 0 bridgehead atoms. The molecule has 3 heteroatoms. The highest BCUT2D eigenvalue weighted by Gasteiger charge is 2.07. The minimum absolute atomic E-state index is 0.0253. The number of phenolic OH excluding ortho intramolecular Hbond substituents is 1. The van der Waals surface area contributed by atoms with E-state index in [0.717, 1.165) is 0 Å². The molecule has 1 aromatic carbocycles. The van der Waals surface area contributed by atoms with Gasteiger partial charge in [0.15, 0.2) is 0 Å². The zero-order valence-electron chi connectivity index (χ0n) is 8.60. The van der Waals surface area contributed by atoms with Gasteiger partial charge in [0.25, 0.3) is 0 Å². The Morgan fingerprint density at radius 1 is 1.43 bits per heavy atom. The van der Waals surface area contributed by atoms with Gasteiger partial charge in [-0.15, -0.1) is 0 Å². The number of aromatic hydroxyl groups is 1. The van der Waals surface area contributed by atoms with Crippen molar-refractivity contribution >= 4 is 0 Å². The van der Waals surface area contributed by atoms with Crippen LogP contribution in [0, 0.1) is 5.92 Å². The summed E-state index contributed by atoms with van der Waals surface area (Å²) in [6.07, 6.45) is 0. The molecule has 1 rings (SSSR count). The van der Waals surface area contributed by atoms with Gasteiger partial charge in [-0.3, -0.25) is 0 Å². The lowest BCUT2D eigenvalue weighted by atomic mass is 10.1. The molecule has 0 aliphatic heterocycles. The second-order valence-electron chi connectivity index (χ2n) is 3.72. The molecule has 0 aliphatic rings. The Bertz CT molecular complexity index is 286. The van der Waals surface area contributed by atoms with Crippen LogP contribution in [0.4, 0.5) is 0 Å². The van der Waals surface area contributed by atoms with Gasteiger partial charge >= 0.3 is 0 Å². The number of nitrogens with two attached hydrogens (primary N) is 1. The Morgan fingerprint density at radius 2 is 2.14 bits per heavy atom. The third-order valence-corrected chi connectivity index (χ3v) is 2.12. The Balaban J connectivity index is 2.45. The average Bonchev–Trinajstić information content (AvgIpc) is 2.14. The minimum atomic E-state index is 0.0253. The molecule has 1 atom stereocenters. The lowest BCUT2D eigenvalue weighted by Gasteiger charge is -2.16. The van der Waals surface area contributed by atoms with Crippen molar-refractivity contribution in [3.05, 3.63) is 24.3 Å². The Labute approximate surface area is 84.5 Å². The van der Waals surface area contributed by atoms with E-state index < -0.39 is 0 Å². The van der Waals surface area contributed by atoms with Gasteiger partial charge in [0.2, 0.25) is 0 Å². The summed E-state index contributed by atoms with van der Waals surface area (Å²) in [5.74, 6) is 1.26. The van der Waals surface area contributed by atoms with E-state index in [2.05, 4.69) is 13.8 Å². The van der Waals surface area contributed by atoms with Gasteiger partial charge in [0.05, 0.1) is 0 Å². The summed E-state index contributed by atoms with van der Waals surface area (Å²) in [7, 11) is 0. The van der Waals surface area contributed by atoms with E-state index in [1.54, 1.807) is 24.3 Å². The van der Waals surface area contributed by atoms with Crippen LogP contribution in [0.2, 0.25) is 0 Å². The molecule has 1 aromatic rings. The first kappa shape index (κ1) is 10.9. The molecule has 78 valence electrons. The fourth-order valence-electron chi connectivity index (χ4n) is 0.958. The minimum Gasteiger partial charge on any atom is -0.508 e. The lowest BCUT2D eigenvalue weighted by Crippen LogP contribution is -2.32. The first-order valence-electron chi connectivity index (χ1n) is 4.77. The standard InChI is InChI=1S/C11H17NO2/c1-8(2)11(12)7-14-10-5-3-4-9(13)6-10/h3-6,8,11,13H,7,12H2,1-2H3. The molecule has 3 nitrogen and oxygen atoms in total. The van der Waals surface area contributed by atoms with Crippen LogP contribution in [0.3, 0.4) is 0 Å². The van der Waals surface area contributed by atoms with Crippen LogP contribution < -0.4 is 10.5 Å². The average molecular weight is 195 g/mol. The zero-order valence-corrected chi connectivity index (χ0v) is 8.60. The van der Waals surface area contributed by atoms with E-state index in [1.807, 2.05) is 0 Å². The predicted molar refractivity (Wildman–Crippen MR) is 56.4 cm³/mol. The van der Waals surface area contributed by atoms with Gasteiger partial charge in [-0.05, 0) is 18.1 Å². The quantitative estimate of drug-likeness (QED) is 0.769. The highest BCUT2D eigenvalue weighted by atomic mass is 16.5. The molecule has 3 N–H and O–H groups in total. The van der Waals surface area contributed by atoms with Crippen molar-refractivity contribution in [1.29, 1.82) is 0 Å². The normalized spacial score (nSPS) is 12.9. The topological polar surface area (TPSA) is 55.5 Å². The van der Waals surface area contributed by atoms with Crippen molar-refractivity contribution < 1.29 is 9.84 Å².